The van der Waals surface area contributed by atoms with Gasteiger partial charge in [-0.1, -0.05) is 12.1 Å². The lowest BCUT2D eigenvalue weighted by molar-refractivity contribution is -0.275. The van der Waals surface area contributed by atoms with Crippen LogP contribution in [0, 0.1) is 0 Å². The van der Waals surface area contributed by atoms with Crippen molar-refractivity contribution in [2.45, 2.75) is 56.8 Å². The van der Waals surface area contributed by atoms with E-state index in [9.17, 15) is 72.3 Å². The van der Waals surface area contributed by atoms with Crippen LogP contribution in [0.3, 0.4) is 0 Å². The number of aromatic nitrogens is 11. The molecule has 0 aliphatic carbocycles. The van der Waals surface area contributed by atoms with E-state index in [1.807, 2.05) is 0 Å². The molecular formula is C80H65ClF11N15O14. The molecule has 29 nitrogen and oxygen atoms in total. The zero-order chi connectivity index (χ0) is 86.7. The number of H-pyrrole nitrogens is 1. The summed E-state index contributed by atoms with van der Waals surface area (Å²) < 4.78 is 175. The van der Waals surface area contributed by atoms with Gasteiger partial charge in [-0.05, 0) is 140 Å². The molecule has 12 aromatic rings. The quantitative estimate of drug-likeness (QED) is 0.0176. The number of carbonyl (C=O) groups excluding carboxylic acids is 5. The fraction of sp³-hybridized carbons (Fsp3) is 0.188. The summed E-state index contributed by atoms with van der Waals surface area (Å²) in [5.41, 5.74) is 3.00. The first-order chi connectivity index (χ1) is 57.8. The van der Waals surface area contributed by atoms with Gasteiger partial charge in [-0.15, -0.1) is 35.1 Å². The van der Waals surface area contributed by atoms with E-state index in [1.54, 1.807) is 56.0 Å². The number of aromatic amines is 1. The molecule has 1 fully saturated rings. The molecule has 7 aromatic heterocycles. The summed E-state index contributed by atoms with van der Waals surface area (Å²) in [5, 5.41) is 26.0. The maximum absolute atomic E-state index is 12.8. The first-order valence-electron chi connectivity index (χ1n) is 35.4. The minimum atomic E-state index is -4.80. The number of pyridine rings is 3. The Kier molecular flexibility index (Phi) is 30.6. The second-order valence-corrected chi connectivity index (χ2v) is 25.2. The van der Waals surface area contributed by atoms with Crippen molar-refractivity contribution in [1.29, 1.82) is 0 Å². The molecule has 1 saturated heterocycles. The average Bonchev–Trinajstić information content (AvgIpc) is 1.55. The van der Waals surface area contributed by atoms with Crippen molar-refractivity contribution >= 4 is 63.9 Å². The van der Waals surface area contributed by atoms with Gasteiger partial charge in [0.1, 0.15) is 48.9 Å². The van der Waals surface area contributed by atoms with Crippen molar-refractivity contribution < 1.29 is 115 Å². The molecule has 0 saturated carbocycles. The van der Waals surface area contributed by atoms with Gasteiger partial charge >= 0.3 is 30.4 Å². The van der Waals surface area contributed by atoms with Gasteiger partial charge in [-0.25, -0.2) is 49.7 Å². The van der Waals surface area contributed by atoms with Gasteiger partial charge in [0.2, 0.25) is 17.6 Å². The van der Waals surface area contributed by atoms with Crippen molar-refractivity contribution in [2.24, 2.45) is 0 Å². The number of benzene rings is 5. The van der Waals surface area contributed by atoms with Crippen LogP contribution in [0.2, 0.25) is 0 Å². The van der Waals surface area contributed by atoms with Gasteiger partial charge in [-0.3, -0.25) is 24.3 Å². The normalized spacial score (nSPS) is 12.0. The van der Waals surface area contributed by atoms with Crippen LogP contribution in [0.5, 0.6) is 34.9 Å². The Morgan fingerprint density at radius 3 is 1.29 bits per heavy atom. The monoisotopic (exact) mass is 1700 g/mol. The zero-order valence-corrected chi connectivity index (χ0v) is 63.5. The maximum atomic E-state index is 12.8. The van der Waals surface area contributed by atoms with Crippen LogP contribution in [0.25, 0.3) is 44.6 Å². The summed E-state index contributed by atoms with van der Waals surface area (Å²) in [6.45, 7) is 3.24. The second kappa shape index (κ2) is 41.6. The number of methoxy groups -OCH3 is 1. The molecule has 0 spiro atoms. The standard InChI is InChI=1S/C22H19ClF2N4O4.C20H14F3N3O4.C19H17F3N4O3.C19H15F3N4O3/c23-22(24,25)33-18-3-1-16(2-4-18)29-20(30)14-9-19(15-10-26-13-27-11-15)21(28-12-14)32-17-5-7-31-8-6-17;1-29-19(28)16-7-2-12(8-17(16)13-9-24-11-25-10-13)18(27)26-14-3-5-15(6-4-14)30-20(21,22)23;20-19(21,22)10-12-1-3-14(4-2-12)25-17(28)13-9-15(16-5-6-24-26-16)18(23-11-13)29-8-7-27;1-2-28-18-16(13-8-23-11-24-9-13)7-12(10-25-18)17(27)26-14-3-5-15(6-4-14)29-19(20,21)22/h1-4,9-13,17H,5-8H2,(H,29,30);2-11H,1H3,(H,26,27);1-6,9,11,27H,7-8,10H2,(H,24,26)(H,25,28);3-11H,2H2,1H3,(H,26,27). The van der Waals surface area contributed by atoms with Gasteiger partial charge in [0.15, 0.2) is 0 Å². The van der Waals surface area contributed by atoms with E-state index < -0.39 is 66.2 Å². The Bertz CT molecular complexity index is 5430. The smallest absolute Gasteiger partial charge is 0.478 e. The van der Waals surface area contributed by atoms with E-state index in [2.05, 4.69) is 90.5 Å². The number of amides is 4. The van der Waals surface area contributed by atoms with Gasteiger partial charge < -0.3 is 64.3 Å². The number of rotatable bonds is 25. The number of esters is 1. The van der Waals surface area contributed by atoms with Crippen molar-refractivity contribution in [3.63, 3.8) is 0 Å². The molecule has 1 aliphatic rings. The lowest BCUT2D eigenvalue weighted by atomic mass is 9.99. The number of hydrogen-bond acceptors (Lipinski definition) is 24. The number of alkyl halides is 12. The van der Waals surface area contributed by atoms with E-state index in [4.69, 9.17) is 40.4 Å². The average molecular weight is 1700 g/mol. The predicted octanol–water partition coefficient (Wildman–Crippen LogP) is 15.9. The number of aliphatic hydroxyl groups excluding tert-OH is 1. The molecule has 4 amide bonds. The fourth-order valence-electron chi connectivity index (χ4n) is 10.8. The first kappa shape index (κ1) is 88.9. The summed E-state index contributed by atoms with van der Waals surface area (Å²) in [5.74, 6) is -2.58. The second-order valence-electron chi connectivity index (χ2n) is 24.8. The number of anilines is 4. The molecule has 6 N–H and O–H groups in total. The van der Waals surface area contributed by atoms with E-state index in [1.165, 1.54) is 154 Å². The number of nitrogens with zero attached hydrogens (tertiary/aromatic N) is 10. The van der Waals surface area contributed by atoms with Crippen LogP contribution in [-0.2, 0) is 15.9 Å². The maximum Gasteiger partial charge on any atom is 0.573 e. The summed E-state index contributed by atoms with van der Waals surface area (Å²) in [6, 6.07) is 31.1. The van der Waals surface area contributed by atoms with Crippen molar-refractivity contribution in [3.05, 3.63) is 254 Å². The van der Waals surface area contributed by atoms with E-state index in [0.717, 1.165) is 37.1 Å². The van der Waals surface area contributed by atoms with Crippen molar-refractivity contribution in [1.82, 2.24) is 55.1 Å². The molecule has 628 valence electrons. The number of nitrogens with one attached hydrogen (secondary N) is 5. The Morgan fingerprint density at radius 1 is 0.488 bits per heavy atom. The number of aliphatic hydroxyl groups is 1. The number of ether oxygens (including phenoxy) is 8. The molecule has 0 radical (unpaired) electrons. The third kappa shape index (κ3) is 27.9. The molecule has 13 rings (SSSR count). The highest BCUT2D eigenvalue weighted by Gasteiger charge is 2.33. The predicted molar refractivity (Wildman–Crippen MR) is 412 cm³/mol. The molecule has 121 heavy (non-hydrogen) atoms. The van der Waals surface area contributed by atoms with Crippen LogP contribution in [0.1, 0.15) is 77.1 Å². The van der Waals surface area contributed by atoms with Crippen molar-refractivity contribution in [3.8, 4) is 79.5 Å². The van der Waals surface area contributed by atoms with Crippen LogP contribution < -0.4 is 49.7 Å². The van der Waals surface area contributed by atoms with E-state index >= 15 is 0 Å². The lowest BCUT2D eigenvalue weighted by Crippen LogP contribution is -2.26. The first-order valence-corrected chi connectivity index (χ1v) is 35.8. The molecule has 1 aliphatic heterocycles. The summed E-state index contributed by atoms with van der Waals surface area (Å²) in [6.07, 6.45) is 5.51. The minimum absolute atomic E-state index is 0.0317. The van der Waals surface area contributed by atoms with Gasteiger partial charge in [0, 0.05) is 148 Å². The summed E-state index contributed by atoms with van der Waals surface area (Å²) in [7, 11) is 1.24. The SMILES string of the molecule is CCOc1ncc(C(=O)Nc2ccc(OC(F)(F)F)cc2)cc1-c1cncnc1.COC(=O)c1ccc(C(=O)Nc2ccc(OC(F)(F)F)cc2)cc1-c1cncnc1.O=C(Nc1ccc(CC(F)(F)F)cc1)c1cnc(OCCO)c(-c2ccn[nH]2)c1.O=C(Nc1ccc(OC(F)(F)Cl)cc1)c1cnc(OC2CCOCC2)c(-c2cncnc2)c1. The molecule has 0 unspecified atom stereocenters. The Hall–Kier alpha value is -14.4. The van der Waals surface area contributed by atoms with Crippen LogP contribution in [0.15, 0.2) is 220 Å². The highest BCUT2D eigenvalue weighted by molar-refractivity contribution is 6.20. The number of halogens is 12. The third-order valence-corrected chi connectivity index (χ3v) is 16.2. The van der Waals surface area contributed by atoms with Crippen molar-refractivity contribution in [2.75, 3.05) is 61.4 Å². The van der Waals surface area contributed by atoms with E-state index in [-0.39, 0.29) is 75.8 Å². The third-order valence-electron chi connectivity index (χ3n) is 16.1. The fourth-order valence-corrected chi connectivity index (χ4v) is 10.9. The highest BCUT2D eigenvalue weighted by atomic mass is 35.5. The largest absolute Gasteiger partial charge is 0.573 e. The molecule has 5 aromatic carbocycles. The summed E-state index contributed by atoms with van der Waals surface area (Å²) in [4.78, 5) is 99.0. The van der Waals surface area contributed by atoms with Crippen LogP contribution in [-0.4, -0.2) is 160 Å². The van der Waals surface area contributed by atoms with Gasteiger partial charge in [0.25, 0.3) is 23.6 Å². The molecular weight excluding hydrogens is 1640 g/mol. The minimum Gasteiger partial charge on any atom is -0.478 e. The van der Waals surface area contributed by atoms with Gasteiger partial charge in [0.05, 0.1) is 73.5 Å². The Balaban J connectivity index is 0.000000170. The van der Waals surface area contributed by atoms with Crippen LogP contribution >= 0.6 is 11.6 Å². The topological polar surface area (TPSA) is 372 Å². The van der Waals surface area contributed by atoms with Crippen LogP contribution in [0.4, 0.5) is 71.0 Å². The molecule has 8 heterocycles. The molecule has 41 heteroatoms. The summed E-state index contributed by atoms with van der Waals surface area (Å²) >= 11 is 4.75. The Labute approximate surface area is 683 Å². The Morgan fingerprint density at radius 2 is 0.884 bits per heavy atom. The van der Waals surface area contributed by atoms with E-state index in [0.29, 0.717) is 93.3 Å². The molecule has 0 bridgehead atoms. The number of hydrogen-bond donors (Lipinski definition) is 6. The highest BCUT2D eigenvalue weighted by Crippen LogP contribution is 2.36. The van der Waals surface area contributed by atoms with Gasteiger partial charge in [-0.2, -0.15) is 18.3 Å². The lowest BCUT2D eigenvalue weighted by Gasteiger charge is -2.24. The zero-order valence-electron chi connectivity index (χ0n) is 62.8. The number of carbonyl (C=O) groups is 5. The molecule has 0 atom stereocenters.